The van der Waals surface area contributed by atoms with Gasteiger partial charge in [-0.1, -0.05) is 72.3 Å². The molecule has 1 saturated heterocycles. The summed E-state index contributed by atoms with van der Waals surface area (Å²) in [5, 5.41) is 3.22. The number of anilines is 1. The molecule has 2 aliphatic heterocycles. The number of ether oxygens (including phenoxy) is 2. The molecule has 3 unspecified atom stereocenters. The Morgan fingerprint density at radius 2 is 1.82 bits per heavy atom. The van der Waals surface area contributed by atoms with Gasteiger partial charge >= 0.3 is 6.01 Å². The van der Waals surface area contributed by atoms with Crippen molar-refractivity contribution in [3.8, 4) is 6.01 Å². The Bertz CT molecular complexity index is 1200. The van der Waals surface area contributed by atoms with E-state index in [4.69, 9.17) is 24.4 Å². The molecule has 0 bridgehead atoms. The fraction of sp³-hybridized carbons (Fsp3) is 0.710. The van der Waals surface area contributed by atoms with Gasteiger partial charge in [0.25, 0.3) is 0 Å². The highest BCUT2D eigenvalue weighted by molar-refractivity contribution is 9.10. The number of nitrogens with zero attached hydrogens (tertiary/aromatic N) is 4. The normalized spacial score (nSPS) is 20.7. The van der Waals surface area contributed by atoms with Crippen LogP contribution < -0.4 is 20.2 Å². The summed E-state index contributed by atoms with van der Waals surface area (Å²) >= 11 is 3.80. The van der Waals surface area contributed by atoms with Crippen molar-refractivity contribution < 1.29 is 9.47 Å². The molecule has 2 aromatic rings. The lowest BCUT2D eigenvalue weighted by molar-refractivity contribution is 0.126. The number of aromatic nitrogens is 2. The lowest BCUT2D eigenvalue weighted by Crippen LogP contribution is -2.37. The van der Waals surface area contributed by atoms with Gasteiger partial charge in [0.2, 0.25) is 0 Å². The van der Waals surface area contributed by atoms with E-state index in [0.29, 0.717) is 25.1 Å². The smallest absolute Gasteiger partial charge is 0.318 e. The predicted octanol–water partition coefficient (Wildman–Crippen LogP) is 6.72. The Morgan fingerprint density at radius 1 is 1.05 bits per heavy atom. The monoisotopic (exact) mass is 620 g/mol. The average Bonchev–Trinajstić information content (AvgIpc) is 3.19. The van der Waals surface area contributed by atoms with Gasteiger partial charge in [-0.25, -0.2) is 0 Å². The maximum atomic E-state index is 6.49. The highest BCUT2D eigenvalue weighted by atomic mass is 79.9. The fourth-order valence-corrected chi connectivity index (χ4v) is 6.13. The van der Waals surface area contributed by atoms with Crippen LogP contribution in [0.4, 0.5) is 5.82 Å². The van der Waals surface area contributed by atoms with Crippen LogP contribution in [-0.2, 0) is 4.74 Å². The summed E-state index contributed by atoms with van der Waals surface area (Å²) in [4.78, 5) is 17.5. The standard InChI is InChI=1S/C31H47BrN4O2.H2S/c1-6-8-10-11-14-31(5,13-9-7-2)21-38-30-34-26-20-25(32)28-24(19-22(3)23(4)33-28)27(26)29(35-30)36-15-12-17-37-18-16-36;/h19-20,22-23H,6-18,21H2,1-5H3;1H2. The lowest BCUT2D eigenvalue weighted by Gasteiger charge is -2.30. The Morgan fingerprint density at radius 3 is 2.59 bits per heavy atom. The molecular formula is C31H49BrN4O2S. The quantitative estimate of drug-likeness (QED) is 0.247. The molecule has 39 heavy (non-hydrogen) atoms. The van der Waals surface area contributed by atoms with Crippen LogP contribution in [0.15, 0.2) is 15.5 Å². The van der Waals surface area contributed by atoms with E-state index in [-0.39, 0.29) is 25.0 Å². The van der Waals surface area contributed by atoms with E-state index < -0.39 is 0 Å². The summed E-state index contributed by atoms with van der Waals surface area (Å²) in [5.41, 5.74) is 1.04. The van der Waals surface area contributed by atoms with Crippen molar-refractivity contribution in [3.63, 3.8) is 0 Å². The number of hydrogen-bond donors (Lipinski definition) is 0. The molecular weight excluding hydrogens is 572 g/mol. The summed E-state index contributed by atoms with van der Waals surface area (Å²) in [6.07, 6.45) is 13.2. The molecule has 0 N–H and O–H groups in total. The van der Waals surface area contributed by atoms with Crippen LogP contribution in [0.3, 0.4) is 0 Å². The van der Waals surface area contributed by atoms with Crippen molar-refractivity contribution in [1.82, 2.24) is 9.97 Å². The van der Waals surface area contributed by atoms with Gasteiger partial charge in [-0.15, -0.1) is 0 Å². The van der Waals surface area contributed by atoms with E-state index >= 15 is 0 Å². The minimum Gasteiger partial charge on any atom is -0.463 e. The van der Waals surface area contributed by atoms with Gasteiger partial charge < -0.3 is 14.4 Å². The predicted molar refractivity (Wildman–Crippen MR) is 171 cm³/mol. The molecule has 1 aromatic heterocycles. The molecule has 0 saturated carbocycles. The van der Waals surface area contributed by atoms with Crippen molar-refractivity contribution in [2.45, 2.75) is 98.4 Å². The van der Waals surface area contributed by atoms with Crippen LogP contribution >= 0.6 is 29.4 Å². The molecule has 8 heteroatoms. The minimum atomic E-state index is 0. The Balaban J connectivity index is 0.00000420. The zero-order chi connectivity index (χ0) is 27.1. The first-order chi connectivity index (χ1) is 18.3. The van der Waals surface area contributed by atoms with E-state index in [1.54, 1.807) is 0 Å². The van der Waals surface area contributed by atoms with Gasteiger partial charge in [-0.05, 0) is 54.1 Å². The molecule has 2 aliphatic rings. The van der Waals surface area contributed by atoms with Gasteiger partial charge in [0.1, 0.15) is 5.82 Å². The van der Waals surface area contributed by atoms with Crippen molar-refractivity contribution in [1.29, 1.82) is 0 Å². The van der Waals surface area contributed by atoms with Crippen molar-refractivity contribution in [2.75, 3.05) is 37.8 Å². The zero-order valence-electron chi connectivity index (χ0n) is 24.7. The van der Waals surface area contributed by atoms with E-state index in [0.717, 1.165) is 57.9 Å². The SMILES string of the molecule is CCCCCCC(C)(CCCC)COc1nc(N2CCCOCC2)c2c3c(c(Br)cc2n1)=NC(C)C(C)C=3.S. The molecule has 3 heterocycles. The highest BCUT2D eigenvalue weighted by Gasteiger charge is 2.27. The topological polar surface area (TPSA) is 59.8 Å². The van der Waals surface area contributed by atoms with Gasteiger partial charge in [-0.2, -0.15) is 23.5 Å². The first-order valence-electron chi connectivity index (χ1n) is 14.9. The van der Waals surface area contributed by atoms with Gasteiger partial charge in [0, 0.05) is 34.8 Å². The van der Waals surface area contributed by atoms with Crippen molar-refractivity contribution in [3.05, 3.63) is 21.1 Å². The summed E-state index contributed by atoms with van der Waals surface area (Å²) in [5.74, 6) is 1.30. The van der Waals surface area contributed by atoms with Crippen LogP contribution in [-0.4, -0.2) is 48.9 Å². The maximum Gasteiger partial charge on any atom is 0.318 e. The van der Waals surface area contributed by atoms with E-state index in [1.165, 1.54) is 51.4 Å². The summed E-state index contributed by atoms with van der Waals surface area (Å²) in [6.45, 7) is 15.2. The molecule has 6 nitrogen and oxygen atoms in total. The highest BCUT2D eigenvalue weighted by Crippen LogP contribution is 2.33. The van der Waals surface area contributed by atoms with Crippen LogP contribution in [0, 0.1) is 11.3 Å². The molecule has 218 valence electrons. The van der Waals surface area contributed by atoms with Crippen molar-refractivity contribution >= 4 is 52.2 Å². The summed E-state index contributed by atoms with van der Waals surface area (Å²) < 4.78 is 13.3. The molecule has 0 spiro atoms. The van der Waals surface area contributed by atoms with E-state index in [2.05, 4.69) is 67.6 Å². The number of hydrogen-bond acceptors (Lipinski definition) is 6. The summed E-state index contributed by atoms with van der Waals surface area (Å²) in [7, 11) is 0. The Labute approximate surface area is 250 Å². The van der Waals surface area contributed by atoms with E-state index in [1.807, 2.05) is 0 Å². The summed E-state index contributed by atoms with van der Waals surface area (Å²) in [6, 6.07) is 2.82. The molecule has 0 radical (unpaired) electrons. The first kappa shape index (κ1) is 32.1. The maximum absolute atomic E-state index is 6.49. The van der Waals surface area contributed by atoms with Crippen LogP contribution in [0.1, 0.15) is 92.4 Å². The molecule has 1 aromatic carbocycles. The zero-order valence-corrected chi connectivity index (χ0v) is 27.3. The van der Waals surface area contributed by atoms with Gasteiger partial charge in [-0.3, -0.25) is 4.99 Å². The Kier molecular flexibility index (Phi) is 12.4. The number of benzene rings is 1. The van der Waals surface area contributed by atoms with E-state index in [9.17, 15) is 0 Å². The second-order valence-electron chi connectivity index (χ2n) is 11.7. The third-order valence-electron chi connectivity index (χ3n) is 8.27. The first-order valence-corrected chi connectivity index (χ1v) is 15.7. The second-order valence-corrected chi connectivity index (χ2v) is 12.6. The minimum absolute atomic E-state index is 0. The van der Waals surface area contributed by atoms with Gasteiger partial charge in [0.05, 0.1) is 35.5 Å². The molecule has 0 amide bonds. The van der Waals surface area contributed by atoms with Crippen LogP contribution in [0.25, 0.3) is 17.0 Å². The number of fused-ring (bicyclic) bond motifs is 3. The molecule has 3 atom stereocenters. The largest absolute Gasteiger partial charge is 0.463 e. The Hall–Kier alpha value is -1.38. The molecule has 0 aliphatic carbocycles. The third kappa shape index (κ3) is 8.10. The molecule has 1 fully saturated rings. The number of halogens is 1. The van der Waals surface area contributed by atoms with Crippen LogP contribution in [0.2, 0.25) is 0 Å². The van der Waals surface area contributed by atoms with Crippen molar-refractivity contribution in [2.24, 2.45) is 16.3 Å². The third-order valence-corrected chi connectivity index (χ3v) is 8.88. The number of rotatable bonds is 12. The molecule has 4 rings (SSSR count). The van der Waals surface area contributed by atoms with Gasteiger partial charge in [0.15, 0.2) is 0 Å². The lowest BCUT2D eigenvalue weighted by atomic mass is 9.81. The average molecular weight is 622 g/mol. The second kappa shape index (κ2) is 15.0. The fourth-order valence-electron chi connectivity index (χ4n) is 5.60. The van der Waals surface area contributed by atoms with Crippen LogP contribution in [0.5, 0.6) is 6.01 Å². The number of unbranched alkanes of at least 4 members (excludes halogenated alkanes) is 4.